The normalized spacial score (nSPS) is 10.6. The number of hydrogen-bond acceptors (Lipinski definition) is 5. The van der Waals surface area contributed by atoms with Crippen LogP contribution in [0.3, 0.4) is 0 Å². The molecule has 1 aromatic rings. The lowest BCUT2D eigenvalue weighted by Gasteiger charge is -2.14. The zero-order valence-corrected chi connectivity index (χ0v) is 10.5. The largest absolute Gasteiger partial charge is 0.383 e. The van der Waals surface area contributed by atoms with Gasteiger partial charge >= 0.3 is 0 Å². The summed E-state index contributed by atoms with van der Waals surface area (Å²) < 4.78 is 4.91. The number of likely N-dealkylation sites (N-methyl/N-ethyl adjacent to an activating group) is 1. The molecule has 6 nitrogen and oxygen atoms in total. The fourth-order valence-electron chi connectivity index (χ4n) is 1.46. The molecule has 1 aromatic carbocycles. The number of carbonyl (C=O) groups is 1. The highest BCUT2D eigenvalue weighted by Gasteiger charge is 2.13. The summed E-state index contributed by atoms with van der Waals surface area (Å²) in [5.41, 5.74) is 0.286. The number of rotatable bonds is 7. The molecule has 0 N–H and O–H groups in total. The minimum Gasteiger partial charge on any atom is -0.383 e. The molecule has 0 fully saturated rings. The molecule has 0 spiro atoms. The summed E-state index contributed by atoms with van der Waals surface area (Å²) in [6.45, 7) is 1.39. The lowest BCUT2D eigenvalue weighted by molar-refractivity contribution is -0.384. The standard InChI is InChI=1S/C12H16N2O4/c1-13(6-7-18-2)9-12(15)10-4-3-5-11(8-10)14(16)17/h3-5,8H,6-7,9H2,1-2H3. The summed E-state index contributed by atoms with van der Waals surface area (Å²) in [7, 11) is 3.39. The summed E-state index contributed by atoms with van der Waals surface area (Å²) in [5, 5.41) is 10.6. The van der Waals surface area contributed by atoms with Crippen molar-refractivity contribution in [1.82, 2.24) is 4.90 Å². The lowest BCUT2D eigenvalue weighted by Crippen LogP contribution is -2.29. The van der Waals surface area contributed by atoms with Crippen LogP contribution in [0.25, 0.3) is 0 Å². The first-order chi connectivity index (χ1) is 8.54. The molecule has 0 amide bonds. The van der Waals surface area contributed by atoms with Crippen LogP contribution in [-0.4, -0.2) is 49.5 Å². The highest BCUT2D eigenvalue weighted by molar-refractivity contribution is 5.98. The van der Waals surface area contributed by atoms with Gasteiger partial charge in [0.25, 0.3) is 5.69 Å². The van der Waals surface area contributed by atoms with Gasteiger partial charge in [0.2, 0.25) is 0 Å². The molecule has 0 aliphatic heterocycles. The first-order valence-corrected chi connectivity index (χ1v) is 5.49. The molecule has 0 saturated heterocycles. The van der Waals surface area contributed by atoms with Gasteiger partial charge in [-0.2, -0.15) is 0 Å². The van der Waals surface area contributed by atoms with E-state index in [2.05, 4.69) is 0 Å². The number of nitro benzene ring substituents is 1. The van der Waals surface area contributed by atoms with Gasteiger partial charge in [-0.3, -0.25) is 19.8 Å². The van der Waals surface area contributed by atoms with Crippen LogP contribution in [0, 0.1) is 10.1 Å². The van der Waals surface area contributed by atoms with Crippen molar-refractivity contribution < 1.29 is 14.5 Å². The topological polar surface area (TPSA) is 72.7 Å². The molecule has 0 aliphatic rings. The molecule has 0 aromatic heterocycles. The molecule has 1 rings (SSSR count). The van der Waals surface area contributed by atoms with E-state index in [1.165, 1.54) is 18.2 Å². The number of nitrogens with zero attached hydrogens (tertiary/aromatic N) is 2. The Labute approximate surface area is 105 Å². The average Bonchev–Trinajstić information content (AvgIpc) is 2.36. The maximum Gasteiger partial charge on any atom is 0.270 e. The molecule has 0 bridgehead atoms. The second-order valence-corrected chi connectivity index (χ2v) is 3.96. The Morgan fingerprint density at radius 3 is 2.83 bits per heavy atom. The van der Waals surface area contributed by atoms with Crippen molar-refractivity contribution in [2.24, 2.45) is 0 Å². The van der Waals surface area contributed by atoms with E-state index in [1.54, 1.807) is 20.2 Å². The molecule has 98 valence electrons. The van der Waals surface area contributed by atoms with Crippen LogP contribution in [0.15, 0.2) is 24.3 Å². The minimum atomic E-state index is -0.509. The van der Waals surface area contributed by atoms with Crippen LogP contribution in [0.5, 0.6) is 0 Å². The highest BCUT2D eigenvalue weighted by atomic mass is 16.6. The van der Waals surface area contributed by atoms with Crippen molar-refractivity contribution in [2.45, 2.75) is 0 Å². The molecule has 0 atom stereocenters. The summed E-state index contributed by atoms with van der Waals surface area (Å²) in [6, 6.07) is 5.76. The SMILES string of the molecule is COCCN(C)CC(=O)c1cccc([N+](=O)[O-])c1. The number of benzene rings is 1. The fourth-order valence-corrected chi connectivity index (χ4v) is 1.46. The first-order valence-electron chi connectivity index (χ1n) is 5.49. The molecule has 0 radical (unpaired) electrons. The Morgan fingerprint density at radius 1 is 1.50 bits per heavy atom. The van der Waals surface area contributed by atoms with E-state index in [0.29, 0.717) is 18.7 Å². The third kappa shape index (κ3) is 4.23. The highest BCUT2D eigenvalue weighted by Crippen LogP contribution is 2.13. The molecule has 0 heterocycles. The molecule has 18 heavy (non-hydrogen) atoms. The lowest BCUT2D eigenvalue weighted by atomic mass is 10.1. The number of Topliss-reactive ketones (excluding diaryl/α,β-unsaturated/α-hetero) is 1. The second kappa shape index (κ2) is 6.83. The van der Waals surface area contributed by atoms with E-state index in [4.69, 9.17) is 4.74 Å². The second-order valence-electron chi connectivity index (χ2n) is 3.96. The number of nitro groups is 1. The van der Waals surface area contributed by atoms with Crippen molar-refractivity contribution in [3.8, 4) is 0 Å². The molecule has 0 unspecified atom stereocenters. The predicted molar refractivity (Wildman–Crippen MR) is 66.8 cm³/mol. The number of carbonyl (C=O) groups excluding carboxylic acids is 1. The van der Waals surface area contributed by atoms with Gasteiger partial charge in [-0.05, 0) is 7.05 Å². The van der Waals surface area contributed by atoms with Gasteiger partial charge in [0.05, 0.1) is 18.1 Å². The van der Waals surface area contributed by atoms with Crippen LogP contribution >= 0.6 is 0 Å². The molecular formula is C12H16N2O4. The van der Waals surface area contributed by atoms with Gasteiger partial charge < -0.3 is 4.74 Å². The Hall–Kier alpha value is -1.79. The summed E-state index contributed by atoms with van der Waals surface area (Å²) in [6.07, 6.45) is 0. The van der Waals surface area contributed by atoms with Crippen molar-refractivity contribution in [3.05, 3.63) is 39.9 Å². The van der Waals surface area contributed by atoms with E-state index in [0.717, 1.165) is 0 Å². The summed E-state index contributed by atoms with van der Waals surface area (Å²) >= 11 is 0. The Bertz CT molecular complexity index is 434. The molecular weight excluding hydrogens is 236 g/mol. The summed E-state index contributed by atoms with van der Waals surface area (Å²) in [4.78, 5) is 23.8. The Balaban J connectivity index is 2.66. The van der Waals surface area contributed by atoms with E-state index in [1.807, 2.05) is 4.90 Å². The van der Waals surface area contributed by atoms with Crippen molar-refractivity contribution in [2.75, 3.05) is 33.9 Å². The number of methoxy groups -OCH3 is 1. The molecule has 0 aliphatic carbocycles. The van der Waals surface area contributed by atoms with Crippen LogP contribution in [0.1, 0.15) is 10.4 Å². The van der Waals surface area contributed by atoms with E-state index in [-0.39, 0.29) is 18.0 Å². The van der Waals surface area contributed by atoms with Crippen molar-refractivity contribution in [1.29, 1.82) is 0 Å². The average molecular weight is 252 g/mol. The number of hydrogen-bond donors (Lipinski definition) is 0. The predicted octanol–water partition coefficient (Wildman–Crippen LogP) is 1.36. The third-order valence-corrected chi connectivity index (χ3v) is 2.47. The monoisotopic (exact) mass is 252 g/mol. The number of non-ortho nitro benzene ring substituents is 1. The molecule has 6 heteroatoms. The Morgan fingerprint density at radius 2 is 2.22 bits per heavy atom. The zero-order valence-electron chi connectivity index (χ0n) is 10.5. The van der Waals surface area contributed by atoms with Crippen LogP contribution < -0.4 is 0 Å². The van der Waals surface area contributed by atoms with Crippen molar-refractivity contribution in [3.63, 3.8) is 0 Å². The number of ether oxygens (including phenoxy) is 1. The molecule has 0 saturated carbocycles. The van der Waals surface area contributed by atoms with Gasteiger partial charge in [-0.25, -0.2) is 0 Å². The zero-order chi connectivity index (χ0) is 13.5. The Kier molecular flexibility index (Phi) is 5.41. The van der Waals surface area contributed by atoms with Gasteiger partial charge in [-0.1, -0.05) is 12.1 Å². The summed E-state index contributed by atoms with van der Waals surface area (Å²) in [5.74, 6) is -0.141. The van der Waals surface area contributed by atoms with Gasteiger partial charge in [-0.15, -0.1) is 0 Å². The smallest absolute Gasteiger partial charge is 0.270 e. The van der Waals surface area contributed by atoms with Crippen LogP contribution in [0.4, 0.5) is 5.69 Å². The van der Waals surface area contributed by atoms with Crippen LogP contribution in [-0.2, 0) is 4.74 Å². The first kappa shape index (κ1) is 14.3. The van der Waals surface area contributed by atoms with Crippen LogP contribution in [0.2, 0.25) is 0 Å². The van der Waals surface area contributed by atoms with E-state index in [9.17, 15) is 14.9 Å². The maximum absolute atomic E-state index is 11.9. The number of ketones is 1. The quantitative estimate of drug-likeness (QED) is 0.416. The minimum absolute atomic E-state index is 0.0691. The van der Waals surface area contributed by atoms with E-state index < -0.39 is 4.92 Å². The fraction of sp³-hybridized carbons (Fsp3) is 0.417. The third-order valence-electron chi connectivity index (χ3n) is 2.47. The van der Waals surface area contributed by atoms with Gasteiger partial charge in [0.1, 0.15) is 0 Å². The maximum atomic E-state index is 11.9. The van der Waals surface area contributed by atoms with Crippen molar-refractivity contribution >= 4 is 11.5 Å². The van der Waals surface area contributed by atoms with Gasteiger partial charge in [0.15, 0.2) is 5.78 Å². The van der Waals surface area contributed by atoms with E-state index >= 15 is 0 Å². The van der Waals surface area contributed by atoms with Gasteiger partial charge in [0, 0.05) is 31.4 Å².